The first-order valence-electron chi connectivity index (χ1n) is 9.25. The molecule has 0 fully saturated rings. The Labute approximate surface area is 169 Å². The van der Waals surface area contributed by atoms with Crippen LogP contribution < -0.4 is 0 Å². The second kappa shape index (κ2) is 9.01. The number of tetrazole rings is 1. The Morgan fingerprint density at radius 3 is 2.43 bits per heavy atom. The molecule has 6 nitrogen and oxygen atoms in total. The van der Waals surface area contributed by atoms with E-state index in [2.05, 4.69) is 60.6 Å². The largest absolute Gasteiger partial charge is 0.341 e. The number of aryl methyl sites for hydroxylation is 1. The maximum absolute atomic E-state index is 12.5. The van der Waals surface area contributed by atoms with Crippen LogP contribution in [0.25, 0.3) is 5.69 Å². The number of nitrogens with zero attached hydrogens (tertiary/aromatic N) is 5. The Bertz CT molecular complexity index is 919. The van der Waals surface area contributed by atoms with Crippen molar-refractivity contribution in [3.05, 3.63) is 65.2 Å². The molecule has 0 radical (unpaired) electrons. The van der Waals surface area contributed by atoms with Gasteiger partial charge in [0.15, 0.2) is 0 Å². The monoisotopic (exact) mass is 395 g/mol. The molecule has 146 valence electrons. The number of hydrogen-bond acceptors (Lipinski definition) is 5. The maximum atomic E-state index is 12.5. The van der Waals surface area contributed by atoms with Crippen LogP contribution in [0.5, 0.6) is 0 Å². The van der Waals surface area contributed by atoms with Crippen molar-refractivity contribution in [3.63, 3.8) is 0 Å². The number of rotatable bonds is 7. The Morgan fingerprint density at radius 1 is 1.11 bits per heavy atom. The highest BCUT2D eigenvalue weighted by molar-refractivity contribution is 7.99. The van der Waals surface area contributed by atoms with Gasteiger partial charge in [-0.3, -0.25) is 4.79 Å². The molecule has 7 heteroatoms. The molecule has 0 unspecified atom stereocenters. The summed E-state index contributed by atoms with van der Waals surface area (Å²) < 4.78 is 1.67. The number of carbonyl (C=O) groups excluding carboxylic acids is 1. The first-order chi connectivity index (χ1) is 13.4. The van der Waals surface area contributed by atoms with Crippen molar-refractivity contribution in [2.24, 2.45) is 0 Å². The highest BCUT2D eigenvalue weighted by atomic mass is 32.2. The third-order valence-corrected chi connectivity index (χ3v) is 5.44. The van der Waals surface area contributed by atoms with E-state index < -0.39 is 0 Å². The van der Waals surface area contributed by atoms with Gasteiger partial charge in [0, 0.05) is 13.6 Å². The molecule has 0 atom stereocenters. The summed E-state index contributed by atoms with van der Waals surface area (Å²) in [5, 5.41) is 12.5. The van der Waals surface area contributed by atoms with Crippen molar-refractivity contribution in [2.75, 3.05) is 12.8 Å². The van der Waals surface area contributed by atoms with Gasteiger partial charge in [0.05, 0.1) is 11.4 Å². The van der Waals surface area contributed by atoms with Crippen molar-refractivity contribution in [1.29, 1.82) is 0 Å². The standard InChI is InChI=1S/C21H25N5OS/c1-15(2)18-9-11-19(12-10-18)26-21(22-23-24-26)28-14-20(27)25(4)13-17-7-5-16(3)6-8-17/h5-12,15H,13-14H2,1-4H3. The minimum atomic E-state index is 0.0373. The second-order valence-corrected chi connectivity index (χ2v) is 8.09. The lowest BCUT2D eigenvalue weighted by Gasteiger charge is -2.17. The average Bonchev–Trinajstić information content (AvgIpc) is 3.16. The Morgan fingerprint density at radius 2 is 1.79 bits per heavy atom. The van der Waals surface area contributed by atoms with Crippen LogP contribution in [0.2, 0.25) is 0 Å². The normalized spacial score (nSPS) is 11.0. The number of carbonyl (C=O) groups is 1. The van der Waals surface area contributed by atoms with Gasteiger partial charge in [-0.1, -0.05) is 67.6 Å². The van der Waals surface area contributed by atoms with Gasteiger partial charge in [0.25, 0.3) is 0 Å². The van der Waals surface area contributed by atoms with Gasteiger partial charge in [-0.15, -0.1) is 5.10 Å². The van der Waals surface area contributed by atoms with Crippen LogP contribution >= 0.6 is 11.8 Å². The molecule has 3 rings (SSSR count). The van der Waals surface area contributed by atoms with Crippen molar-refractivity contribution in [3.8, 4) is 5.69 Å². The molecule has 1 aromatic heterocycles. The number of thioether (sulfide) groups is 1. The summed E-state index contributed by atoms with van der Waals surface area (Å²) in [4.78, 5) is 14.2. The fraction of sp³-hybridized carbons (Fsp3) is 0.333. The average molecular weight is 396 g/mol. The molecular formula is C21H25N5OS. The Kier molecular flexibility index (Phi) is 6.46. The van der Waals surface area contributed by atoms with Gasteiger partial charge in [-0.05, 0) is 46.5 Å². The lowest BCUT2D eigenvalue weighted by molar-refractivity contribution is -0.127. The van der Waals surface area contributed by atoms with E-state index in [4.69, 9.17) is 0 Å². The van der Waals surface area contributed by atoms with Gasteiger partial charge < -0.3 is 4.90 Å². The summed E-state index contributed by atoms with van der Waals surface area (Å²) in [6, 6.07) is 16.4. The fourth-order valence-corrected chi connectivity index (χ4v) is 3.55. The van der Waals surface area contributed by atoms with E-state index in [-0.39, 0.29) is 11.7 Å². The quantitative estimate of drug-likeness (QED) is 0.569. The predicted molar refractivity (Wildman–Crippen MR) is 112 cm³/mol. The van der Waals surface area contributed by atoms with Gasteiger partial charge in [0.1, 0.15) is 0 Å². The zero-order chi connectivity index (χ0) is 20.1. The molecule has 0 aliphatic carbocycles. The second-order valence-electron chi connectivity index (χ2n) is 7.14. The summed E-state index contributed by atoms with van der Waals surface area (Å²) in [6.45, 7) is 6.95. The van der Waals surface area contributed by atoms with Crippen LogP contribution in [0.15, 0.2) is 53.7 Å². The molecule has 1 amide bonds. The van der Waals surface area contributed by atoms with Crippen molar-refractivity contribution in [1.82, 2.24) is 25.1 Å². The molecule has 0 saturated carbocycles. The molecule has 0 spiro atoms. The fourth-order valence-electron chi connectivity index (χ4n) is 2.72. The predicted octanol–water partition coefficient (Wildman–Crippen LogP) is 3.84. The Balaban J connectivity index is 1.61. The lowest BCUT2D eigenvalue weighted by atomic mass is 10.0. The third kappa shape index (κ3) is 4.98. The van der Waals surface area contributed by atoms with E-state index in [1.54, 1.807) is 9.58 Å². The number of amides is 1. The van der Waals surface area contributed by atoms with Crippen LogP contribution in [0.4, 0.5) is 0 Å². The molecule has 0 aliphatic rings. The van der Waals surface area contributed by atoms with E-state index >= 15 is 0 Å². The SMILES string of the molecule is Cc1ccc(CN(C)C(=O)CSc2nnnn2-c2ccc(C(C)C)cc2)cc1. The maximum Gasteiger partial charge on any atom is 0.233 e. The van der Waals surface area contributed by atoms with E-state index in [9.17, 15) is 4.79 Å². The molecule has 2 aromatic carbocycles. The highest BCUT2D eigenvalue weighted by Crippen LogP contribution is 2.21. The molecule has 0 saturated heterocycles. The van der Waals surface area contributed by atoms with E-state index in [0.29, 0.717) is 17.6 Å². The first-order valence-corrected chi connectivity index (χ1v) is 10.2. The van der Waals surface area contributed by atoms with E-state index in [0.717, 1.165) is 11.3 Å². The topological polar surface area (TPSA) is 63.9 Å². The van der Waals surface area contributed by atoms with Crippen LogP contribution in [-0.4, -0.2) is 43.8 Å². The number of benzene rings is 2. The van der Waals surface area contributed by atoms with Gasteiger partial charge >= 0.3 is 0 Å². The van der Waals surface area contributed by atoms with Crippen LogP contribution in [0.3, 0.4) is 0 Å². The molecule has 0 N–H and O–H groups in total. The number of aromatic nitrogens is 4. The van der Waals surface area contributed by atoms with Crippen molar-refractivity contribution in [2.45, 2.75) is 38.4 Å². The molecule has 0 aliphatic heterocycles. The summed E-state index contributed by atoms with van der Waals surface area (Å²) in [7, 11) is 1.82. The zero-order valence-electron chi connectivity index (χ0n) is 16.7. The van der Waals surface area contributed by atoms with Gasteiger partial charge in [-0.2, -0.15) is 4.68 Å². The summed E-state index contributed by atoms with van der Waals surface area (Å²) in [5.74, 6) is 0.793. The van der Waals surface area contributed by atoms with Crippen molar-refractivity contribution < 1.29 is 4.79 Å². The molecular weight excluding hydrogens is 370 g/mol. The lowest BCUT2D eigenvalue weighted by Crippen LogP contribution is -2.27. The number of hydrogen-bond donors (Lipinski definition) is 0. The van der Waals surface area contributed by atoms with Gasteiger partial charge in [-0.25, -0.2) is 0 Å². The Hall–Kier alpha value is -2.67. The smallest absolute Gasteiger partial charge is 0.233 e. The minimum Gasteiger partial charge on any atom is -0.341 e. The molecule has 3 aromatic rings. The van der Waals surface area contributed by atoms with Gasteiger partial charge in [0.2, 0.25) is 11.1 Å². The summed E-state index contributed by atoms with van der Waals surface area (Å²) in [5.41, 5.74) is 4.47. The zero-order valence-corrected chi connectivity index (χ0v) is 17.5. The van der Waals surface area contributed by atoms with E-state index in [1.165, 1.54) is 22.9 Å². The highest BCUT2D eigenvalue weighted by Gasteiger charge is 2.14. The van der Waals surface area contributed by atoms with Crippen molar-refractivity contribution >= 4 is 17.7 Å². The third-order valence-electron chi connectivity index (χ3n) is 4.54. The van der Waals surface area contributed by atoms with Crippen LogP contribution in [0, 0.1) is 6.92 Å². The van der Waals surface area contributed by atoms with Crippen LogP contribution in [0.1, 0.15) is 36.5 Å². The van der Waals surface area contributed by atoms with E-state index in [1.807, 2.05) is 31.3 Å². The van der Waals surface area contributed by atoms with Crippen LogP contribution in [-0.2, 0) is 11.3 Å². The first kappa shape index (κ1) is 20.1. The molecule has 1 heterocycles. The summed E-state index contributed by atoms with van der Waals surface area (Å²) >= 11 is 1.34. The summed E-state index contributed by atoms with van der Waals surface area (Å²) in [6.07, 6.45) is 0. The minimum absolute atomic E-state index is 0.0373. The molecule has 0 bridgehead atoms. The molecule has 28 heavy (non-hydrogen) atoms.